The molecule has 1 aliphatic heterocycles. The topological polar surface area (TPSA) is 125 Å². The molecule has 8 nitrogen and oxygen atoms in total. The second-order valence-corrected chi connectivity index (χ2v) is 9.21. The van der Waals surface area contributed by atoms with Gasteiger partial charge in [0.15, 0.2) is 6.29 Å². The first-order chi connectivity index (χ1) is 16.5. The van der Waals surface area contributed by atoms with Crippen LogP contribution in [0.2, 0.25) is 0 Å². The quantitative estimate of drug-likeness (QED) is 0.336. The number of nitrogens with one attached hydrogen (secondary N) is 1. The standard InChI is InChI=1S/C25H31NO7S/c27-11-12-34-16-21-13-22(19-5-3-18(15-28)4-6-19)33-25(32-21)20-7-1-17(2-8-20)14-26-23(29)9-10-24(30)31/h1-8,21-22,25,27-28H,9-16H2,(H,26,29)(H,30,31)/t21-,22+,25+/m1/s1. The lowest BCUT2D eigenvalue weighted by Gasteiger charge is -2.36. The molecule has 1 saturated heterocycles. The third-order valence-corrected chi connectivity index (χ3v) is 6.54. The van der Waals surface area contributed by atoms with E-state index in [2.05, 4.69) is 5.32 Å². The van der Waals surface area contributed by atoms with Crippen LogP contribution in [0.15, 0.2) is 48.5 Å². The van der Waals surface area contributed by atoms with Crippen LogP contribution in [0, 0.1) is 0 Å². The minimum atomic E-state index is -0.998. The largest absolute Gasteiger partial charge is 0.481 e. The zero-order valence-corrected chi connectivity index (χ0v) is 19.7. The fourth-order valence-corrected chi connectivity index (χ4v) is 4.38. The fraction of sp³-hybridized carbons (Fsp3) is 0.440. The highest BCUT2D eigenvalue weighted by Gasteiger charge is 2.32. The Morgan fingerprint density at radius 1 is 0.941 bits per heavy atom. The number of carbonyl (C=O) groups excluding carboxylic acids is 1. The average molecular weight is 490 g/mol. The normalized spacial score (nSPS) is 20.1. The zero-order chi connectivity index (χ0) is 24.3. The van der Waals surface area contributed by atoms with Crippen molar-refractivity contribution in [1.29, 1.82) is 0 Å². The SMILES string of the molecule is O=C(O)CCC(=O)NCc1ccc([C@H]2O[C@@H](CSCCO)C[C@@H](c3ccc(CO)cc3)O2)cc1. The number of hydrogen-bond acceptors (Lipinski definition) is 7. The van der Waals surface area contributed by atoms with Crippen molar-refractivity contribution in [1.82, 2.24) is 5.32 Å². The molecule has 0 unspecified atom stereocenters. The van der Waals surface area contributed by atoms with Gasteiger partial charge in [0.05, 0.1) is 31.8 Å². The zero-order valence-electron chi connectivity index (χ0n) is 18.9. The molecule has 34 heavy (non-hydrogen) atoms. The van der Waals surface area contributed by atoms with E-state index in [4.69, 9.17) is 19.7 Å². The minimum Gasteiger partial charge on any atom is -0.481 e. The van der Waals surface area contributed by atoms with Gasteiger partial charge >= 0.3 is 5.97 Å². The van der Waals surface area contributed by atoms with E-state index in [1.807, 2.05) is 48.5 Å². The van der Waals surface area contributed by atoms with E-state index in [-0.39, 0.29) is 44.2 Å². The molecule has 184 valence electrons. The lowest BCUT2D eigenvalue weighted by molar-refractivity contribution is -0.245. The van der Waals surface area contributed by atoms with Crippen molar-refractivity contribution in [3.8, 4) is 0 Å². The molecule has 1 fully saturated rings. The van der Waals surface area contributed by atoms with Crippen molar-refractivity contribution in [3.63, 3.8) is 0 Å². The van der Waals surface area contributed by atoms with Crippen molar-refractivity contribution >= 4 is 23.6 Å². The highest BCUT2D eigenvalue weighted by molar-refractivity contribution is 7.99. The number of carboxylic acid groups (broad SMARTS) is 1. The Morgan fingerprint density at radius 3 is 2.26 bits per heavy atom. The minimum absolute atomic E-state index is 0.00960. The van der Waals surface area contributed by atoms with Crippen molar-refractivity contribution in [3.05, 3.63) is 70.8 Å². The molecule has 0 aromatic heterocycles. The number of aliphatic hydroxyl groups excluding tert-OH is 2. The van der Waals surface area contributed by atoms with Crippen molar-refractivity contribution < 1.29 is 34.4 Å². The van der Waals surface area contributed by atoms with Crippen molar-refractivity contribution in [2.24, 2.45) is 0 Å². The summed E-state index contributed by atoms with van der Waals surface area (Å²) in [6.45, 7) is 0.424. The fourth-order valence-electron chi connectivity index (χ4n) is 3.60. The molecular weight excluding hydrogens is 458 g/mol. The Morgan fingerprint density at radius 2 is 1.62 bits per heavy atom. The molecule has 0 bridgehead atoms. The summed E-state index contributed by atoms with van der Waals surface area (Å²) in [4.78, 5) is 22.3. The molecular formula is C25H31NO7S. The van der Waals surface area contributed by atoms with Gasteiger partial charge in [0.2, 0.25) is 5.91 Å². The first-order valence-electron chi connectivity index (χ1n) is 11.2. The van der Waals surface area contributed by atoms with Crippen LogP contribution in [0.5, 0.6) is 0 Å². The van der Waals surface area contributed by atoms with E-state index in [0.717, 1.165) is 28.0 Å². The molecule has 2 aromatic rings. The molecule has 3 atom stereocenters. The van der Waals surface area contributed by atoms with Crippen LogP contribution >= 0.6 is 11.8 Å². The van der Waals surface area contributed by atoms with Crippen LogP contribution in [0.3, 0.4) is 0 Å². The van der Waals surface area contributed by atoms with E-state index in [9.17, 15) is 14.7 Å². The number of carbonyl (C=O) groups is 2. The molecule has 3 rings (SSSR count). The maximum Gasteiger partial charge on any atom is 0.303 e. The third kappa shape index (κ3) is 8.11. The van der Waals surface area contributed by atoms with Crippen LogP contribution in [0.4, 0.5) is 0 Å². The summed E-state index contributed by atoms with van der Waals surface area (Å²) in [5, 5.41) is 29.8. The number of aliphatic carboxylic acids is 1. The summed E-state index contributed by atoms with van der Waals surface area (Å²) in [5.41, 5.74) is 3.60. The molecule has 1 amide bonds. The van der Waals surface area contributed by atoms with Gasteiger partial charge < -0.3 is 30.1 Å². The van der Waals surface area contributed by atoms with Gasteiger partial charge in [0.1, 0.15) is 0 Å². The summed E-state index contributed by atoms with van der Waals surface area (Å²) < 4.78 is 12.5. The highest BCUT2D eigenvalue weighted by atomic mass is 32.2. The maximum atomic E-state index is 11.7. The van der Waals surface area contributed by atoms with Crippen molar-refractivity contribution in [2.45, 2.75) is 50.9 Å². The van der Waals surface area contributed by atoms with E-state index in [1.165, 1.54) is 0 Å². The number of hydrogen-bond donors (Lipinski definition) is 4. The first kappa shape index (κ1) is 26.2. The molecule has 0 spiro atoms. The van der Waals surface area contributed by atoms with E-state index < -0.39 is 12.3 Å². The lowest BCUT2D eigenvalue weighted by atomic mass is 10.0. The van der Waals surface area contributed by atoms with Crippen molar-refractivity contribution in [2.75, 3.05) is 18.1 Å². The number of benzene rings is 2. The maximum absolute atomic E-state index is 11.7. The number of rotatable bonds is 12. The molecule has 9 heteroatoms. The van der Waals surface area contributed by atoms with Crippen LogP contribution in [0.25, 0.3) is 0 Å². The molecule has 0 radical (unpaired) electrons. The average Bonchev–Trinajstić information content (AvgIpc) is 2.86. The molecule has 4 N–H and O–H groups in total. The van der Waals surface area contributed by atoms with Gasteiger partial charge in [-0.15, -0.1) is 0 Å². The molecule has 2 aromatic carbocycles. The smallest absolute Gasteiger partial charge is 0.303 e. The Labute approximate surface area is 203 Å². The summed E-state index contributed by atoms with van der Waals surface area (Å²) in [5.74, 6) is 0.0895. The second kappa shape index (κ2) is 13.5. The van der Waals surface area contributed by atoms with E-state index >= 15 is 0 Å². The Kier molecular flexibility index (Phi) is 10.4. The monoisotopic (exact) mass is 489 g/mol. The highest BCUT2D eigenvalue weighted by Crippen LogP contribution is 2.38. The van der Waals surface area contributed by atoms with Gasteiger partial charge in [-0.05, 0) is 16.7 Å². The Balaban J connectivity index is 1.65. The summed E-state index contributed by atoms with van der Waals surface area (Å²) >= 11 is 1.64. The molecule has 0 aliphatic carbocycles. The van der Waals surface area contributed by atoms with Gasteiger partial charge in [0.25, 0.3) is 0 Å². The molecule has 0 saturated carbocycles. The molecule has 1 aliphatic rings. The summed E-state index contributed by atoms with van der Waals surface area (Å²) in [6.07, 6.45) is -0.329. The van der Waals surface area contributed by atoms with E-state index in [1.54, 1.807) is 11.8 Å². The Hall–Kier alpha value is -2.43. The van der Waals surface area contributed by atoms with Gasteiger partial charge in [-0.1, -0.05) is 48.5 Å². The number of carboxylic acids is 1. The van der Waals surface area contributed by atoms with Crippen LogP contribution in [0.1, 0.15) is 53.9 Å². The second-order valence-electron chi connectivity index (χ2n) is 8.06. The number of ether oxygens (including phenoxy) is 2. The van der Waals surface area contributed by atoms with Gasteiger partial charge in [-0.25, -0.2) is 0 Å². The van der Waals surface area contributed by atoms with Crippen LogP contribution in [-0.4, -0.2) is 51.4 Å². The summed E-state index contributed by atoms with van der Waals surface area (Å²) in [7, 11) is 0. The molecule has 1 heterocycles. The number of thioether (sulfide) groups is 1. The predicted octanol–water partition coefficient (Wildman–Crippen LogP) is 2.93. The number of aliphatic hydroxyl groups is 2. The first-order valence-corrected chi connectivity index (χ1v) is 12.4. The van der Waals surface area contributed by atoms with Gasteiger partial charge in [-0.2, -0.15) is 11.8 Å². The predicted molar refractivity (Wildman–Crippen MR) is 128 cm³/mol. The van der Waals surface area contributed by atoms with Gasteiger partial charge in [0, 0.05) is 36.5 Å². The Bertz CT molecular complexity index is 920. The van der Waals surface area contributed by atoms with E-state index in [0.29, 0.717) is 18.7 Å². The van der Waals surface area contributed by atoms with Gasteiger partial charge in [-0.3, -0.25) is 9.59 Å². The van der Waals surface area contributed by atoms with Crippen LogP contribution < -0.4 is 5.32 Å². The number of amides is 1. The third-order valence-electron chi connectivity index (χ3n) is 5.46. The summed E-state index contributed by atoms with van der Waals surface area (Å²) in [6, 6.07) is 15.3. The van der Waals surface area contributed by atoms with Crippen LogP contribution in [-0.2, 0) is 32.2 Å². The lowest BCUT2D eigenvalue weighted by Crippen LogP contribution is -2.31.